The summed E-state index contributed by atoms with van der Waals surface area (Å²) in [5, 5.41) is 1.73. The second-order valence-electron chi connectivity index (χ2n) is 4.10. The average Bonchev–Trinajstić information content (AvgIpc) is 2.39. The van der Waals surface area contributed by atoms with E-state index in [1.165, 1.54) is 25.3 Å². The molecule has 9 heteroatoms. The molecule has 0 bridgehead atoms. The number of nitrogens with one attached hydrogen (secondary N) is 1. The van der Waals surface area contributed by atoms with E-state index in [0.29, 0.717) is 5.56 Å². The molecule has 0 saturated heterocycles. The van der Waals surface area contributed by atoms with Gasteiger partial charge in [0.15, 0.2) is 0 Å². The van der Waals surface area contributed by atoms with Gasteiger partial charge in [-0.3, -0.25) is 9.59 Å². The summed E-state index contributed by atoms with van der Waals surface area (Å²) < 4.78 is 41.2. The van der Waals surface area contributed by atoms with Crippen LogP contribution in [-0.2, 0) is 20.7 Å². The van der Waals surface area contributed by atoms with Gasteiger partial charge in [-0.25, -0.2) is 0 Å². The topological polar surface area (TPSA) is 81.4 Å². The first-order valence-electron chi connectivity index (χ1n) is 5.65. The van der Waals surface area contributed by atoms with Crippen molar-refractivity contribution in [2.24, 2.45) is 5.73 Å². The molecule has 0 saturated carbocycles. The van der Waals surface area contributed by atoms with E-state index in [4.69, 9.17) is 5.73 Å². The summed E-state index contributed by atoms with van der Waals surface area (Å²) >= 11 is 3.05. The molecule has 1 aromatic rings. The maximum Gasteiger partial charge on any atom is 0.471 e. The van der Waals surface area contributed by atoms with Crippen LogP contribution < -0.4 is 11.1 Å². The normalized spacial score (nSPS) is 12.7. The number of rotatable bonds is 4. The Morgan fingerprint density at radius 2 is 2.05 bits per heavy atom. The first kappa shape index (κ1) is 17.4. The maximum absolute atomic E-state index is 12.2. The molecule has 3 N–H and O–H groups in total. The van der Waals surface area contributed by atoms with E-state index in [9.17, 15) is 22.8 Å². The first-order valence-corrected chi connectivity index (χ1v) is 6.44. The summed E-state index contributed by atoms with van der Waals surface area (Å²) in [7, 11) is 1.20. The highest BCUT2D eigenvalue weighted by molar-refractivity contribution is 9.10. The fourth-order valence-corrected chi connectivity index (χ4v) is 1.99. The summed E-state index contributed by atoms with van der Waals surface area (Å²) in [5.74, 6) is -2.66. The Labute approximate surface area is 126 Å². The van der Waals surface area contributed by atoms with Crippen LogP contribution >= 0.6 is 15.9 Å². The van der Waals surface area contributed by atoms with Crippen molar-refractivity contribution in [2.75, 3.05) is 12.4 Å². The van der Waals surface area contributed by atoms with Crippen LogP contribution in [-0.4, -0.2) is 31.2 Å². The number of benzene rings is 1. The van der Waals surface area contributed by atoms with Gasteiger partial charge in [-0.2, -0.15) is 13.2 Å². The molecule has 21 heavy (non-hydrogen) atoms. The lowest BCUT2D eigenvalue weighted by molar-refractivity contribution is -0.167. The van der Waals surface area contributed by atoms with Crippen molar-refractivity contribution in [1.82, 2.24) is 0 Å². The molecule has 0 unspecified atom stereocenters. The minimum absolute atomic E-state index is 0.0345. The van der Waals surface area contributed by atoms with Gasteiger partial charge in [-0.1, -0.05) is 6.07 Å². The zero-order valence-electron chi connectivity index (χ0n) is 10.8. The number of methoxy groups -OCH3 is 1. The van der Waals surface area contributed by atoms with E-state index in [1.807, 2.05) is 0 Å². The molecule has 1 rings (SSSR count). The number of carbonyl (C=O) groups excluding carboxylic acids is 2. The number of alkyl halides is 3. The minimum atomic E-state index is -4.97. The number of esters is 1. The zero-order valence-corrected chi connectivity index (χ0v) is 12.4. The van der Waals surface area contributed by atoms with Gasteiger partial charge in [-0.15, -0.1) is 0 Å². The summed E-state index contributed by atoms with van der Waals surface area (Å²) in [6.07, 6.45) is -4.82. The summed E-state index contributed by atoms with van der Waals surface area (Å²) in [4.78, 5) is 22.0. The Hall–Kier alpha value is -1.61. The molecule has 0 fully saturated rings. The van der Waals surface area contributed by atoms with Crippen molar-refractivity contribution in [2.45, 2.75) is 18.6 Å². The van der Waals surface area contributed by atoms with Gasteiger partial charge in [-0.05, 0) is 40.0 Å². The number of hydrogen-bond acceptors (Lipinski definition) is 4. The van der Waals surface area contributed by atoms with Crippen LogP contribution in [0, 0.1) is 0 Å². The summed E-state index contributed by atoms with van der Waals surface area (Å²) in [6.45, 7) is 0. The number of amides is 1. The lowest BCUT2D eigenvalue weighted by Gasteiger charge is -2.12. The molecule has 0 aliphatic carbocycles. The van der Waals surface area contributed by atoms with Crippen molar-refractivity contribution in [1.29, 1.82) is 0 Å². The largest absolute Gasteiger partial charge is 0.471 e. The summed E-state index contributed by atoms with van der Waals surface area (Å²) in [5.41, 5.74) is 6.14. The highest BCUT2D eigenvalue weighted by Gasteiger charge is 2.38. The monoisotopic (exact) mass is 368 g/mol. The van der Waals surface area contributed by atoms with Crippen LogP contribution in [0.15, 0.2) is 22.7 Å². The van der Waals surface area contributed by atoms with Crippen molar-refractivity contribution in [3.63, 3.8) is 0 Å². The quantitative estimate of drug-likeness (QED) is 0.796. The van der Waals surface area contributed by atoms with E-state index in [0.717, 1.165) is 0 Å². The highest BCUT2D eigenvalue weighted by Crippen LogP contribution is 2.26. The fourth-order valence-electron chi connectivity index (χ4n) is 1.47. The molecule has 1 atom stereocenters. The van der Waals surface area contributed by atoms with E-state index in [-0.39, 0.29) is 16.6 Å². The van der Waals surface area contributed by atoms with Crippen molar-refractivity contribution in [3.05, 3.63) is 28.2 Å². The number of ether oxygens (including phenoxy) is 1. The fraction of sp³-hybridized carbons (Fsp3) is 0.333. The van der Waals surface area contributed by atoms with Gasteiger partial charge in [0.2, 0.25) is 0 Å². The molecule has 116 valence electrons. The SMILES string of the molecule is COC(=O)[C@@H](N)Cc1ccc(NC(=O)C(F)(F)F)c(Br)c1. The average molecular weight is 369 g/mol. The van der Waals surface area contributed by atoms with Gasteiger partial charge in [0.25, 0.3) is 0 Å². The molecule has 0 spiro atoms. The molecular weight excluding hydrogens is 357 g/mol. The predicted octanol–water partition coefficient (Wildman–Crippen LogP) is 1.99. The second kappa shape index (κ2) is 6.90. The molecular formula is C12H12BrF3N2O3. The molecule has 0 heterocycles. The number of carbonyl (C=O) groups is 2. The van der Waals surface area contributed by atoms with E-state index < -0.39 is 24.1 Å². The number of halogens is 4. The minimum Gasteiger partial charge on any atom is -0.468 e. The lowest BCUT2D eigenvalue weighted by atomic mass is 10.1. The third kappa shape index (κ3) is 5.01. The molecule has 1 aromatic carbocycles. The smallest absolute Gasteiger partial charge is 0.468 e. The number of anilines is 1. The molecule has 0 radical (unpaired) electrons. The van der Waals surface area contributed by atoms with Gasteiger partial charge >= 0.3 is 18.1 Å². The van der Waals surface area contributed by atoms with Gasteiger partial charge in [0, 0.05) is 4.47 Å². The molecule has 0 aliphatic heterocycles. The molecule has 0 aromatic heterocycles. The van der Waals surface area contributed by atoms with Crippen molar-refractivity contribution >= 4 is 33.5 Å². The maximum atomic E-state index is 12.2. The molecule has 0 aliphatic rings. The third-order valence-electron chi connectivity index (χ3n) is 2.50. The van der Waals surface area contributed by atoms with Crippen molar-refractivity contribution in [3.8, 4) is 0 Å². The summed E-state index contributed by atoms with van der Waals surface area (Å²) in [6, 6.07) is 3.33. The number of nitrogens with two attached hydrogens (primary N) is 1. The Morgan fingerprint density at radius 1 is 1.43 bits per heavy atom. The standard InChI is InChI=1S/C12H12BrF3N2O3/c1-21-10(19)8(17)5-6-2-3-9(7(13)4-6)18-11(20)12(14,15)16/h2-4,8H,5,17H2,1H3,(H,18,20)/t8-/m0/s1. The Morgan fingerprint density at radius 3 is 2.52 bits per heavy atom. The van der Waals surface area contributed by atoms with Crippen LogP contribution in [0.3, 0.4) is 0 Å². The zero-order chi connectivity index (χ0) is 16.2. The van der Waals surface area contributed by atoms with Crippen LogP contribution in [0.5, 0.6) is 0 Å². The van der Waals surface area contributed by atoms with Gasteiger partial charge in [0.05, 0.1) is 12.8 Å². The van der Waals surface area contributed by atoms with Gasteiger partial charge < -0.3 is 15.8 Å². The Balaban J connectivity index is 2.81. The van der Waals surface area contributed by atoms with E-state index in [2.05, 4.69) is 20.7 Å². The number of hydrogen-bond donors (Lipinski definition) is 2. The molecule has 1 amide bonds. The van der Waals surface area contributed by atoms with Gasteiger partial charge in [0.1, 0.15) is 6.04 Å². The lowest BCUT2D eigenvalue weighted by Crippen LogP contribution is -2.33. The highest BCUT2D eigenvalue weighted by atomic mass is 79.9. The van der Waals surface area contributed by atoms with E-state index in [1.54, 1.807) is 5.32 Å². The second-order valence-corrected chi connectivity index (χ2v) is 4.95. The van der Waals surface area contributed by atoms with Crippen LogP contribution in [0.1, 0.15) is 5.56 Å². The Kier molecular flexibility index (Phi) is 5.73. The third-order valence-corrected chi connectivity index (χ3v) is 3.15. The Bertz CT molecular complexity index is 549. The first-order chi connectivity index (χ1) is 9.65. The van der Waals surface area contributed by atoms with E-state index >= 15 is 0 Å². The van der Waals surface area contributed by atoms with Crippen LogP contribution in [0.2, 0.25) is 0 Å². The predicted molar refractivity (Wildman–Crippen MR) is 72.5 cm³/mol. The van der Waals surface area contributed by atoms with Crippen LogP contribution in [0.4, 0.5) is 18.9 Å². The van der Waals surface area contributed by atoms with Crippen LogP contribution in [0.25, 0.3) is 0 Å². The molecule has 5 nitrogen and oxygen atoms in total. The van der Waals surface area contributed by atoms with Crippen molar-refractivity contribution < 1.29 is 27.5 Å².